The van der Waals surface area contributed by atoms with Crippen LogP contribution in [-0.4, -0.2) is 31.0 Å². The quantitative estimate of drug-likeness (QED) is 0.846. The van der Waals surface area contributed by atoms with Gasteiger partial charge in [-0.2, -0.15) is 0 Å². The maximum absolute atomic E-state index is 12.0. The Morgan fingerprint density at radius 2 is 2.05 bits per heavy atom. The van der Waals surface area contributed by atoms with Crippen molar-refractivity contribution >= 4 is 11.6 Å². The number of anilines is 1. The first kappa shape index (κ1) is 13.7. The largest absolute Gasteiger partial charge is 0.495 e. The van der Waals surface area contributed by atoms with E-state index >= 15 is 0 Å². The first-order chi connectivity index (χ1) is 9.20. The van der Waals surface area contributed by atoms with Crippen molar-refractivity contribution in [2.24, 2.45) is 0 Å². The summed E-state index contributed by atoms with van der Waals surface area (Å²) in [5, 5.41) is 0. The molecule has 4 nitrogen and oxygen atoms in total. The van der Waals surface area contributed by atoms with Gasteiger partial charge in [-0.3, -0.25) is 4.79 Å². The summed E-state index contributed by atoms with van der Waals surface area (Å²) in [6, 6.07) is 5.72. The summed E-state index contributed by atoms with van der Waals surface area (Å²) in [5.41, 5.74) is 7.58. The number of likely N-dealkylation sites (tertiary alicyclic amines) is 1. The van der Waals surface area contributed by atoms with Gasteiger partial charge in [0.15, 0.2) is 0 Å². The fraction of sp³-hybridized carbons (Fsp3) is 0.533. The van der Waals surface area contributed by atoms with E-state index in [1.54, 1.807) is 7.11 Å². The van der Waals surface area contributed by atoms with Gasteiger partial charge in [0.2, 0.25) is 5.91 Å². The number of ether oxygens (including phenoxy) is 1. The van der Waals surface area contributed by atoms with Gasteiger partial charge < -0.3 is 15.4 Å². The fourth-order valence-electron chi connectivity index (χ4n) is 2.49. The first-order valence-corrected chi connectivity index (χ1v) is 6.91. The smallest absolute Gasteiger partial charge is 0.222 e. The number of benzene rings is 1. The Morgan fingerprint density at radius 3 is 2.68 bits per heavy atom. The van der Waals surface area contributed by atoms with Crippen molar-refractivity contribution in [2.45, 2.75) is 32.1 Å². The molecular formula is C15H22N2O2. The predicted molar refractivity (Wildman–Crippen MR) is 76.2 cm³/mol. The lowest BCUT2D eigenvalue weighted by atomic mass is 10.1. The van der Waals surface area contributed by atoms with Crippen LogP contribution in [0.1, 0.15) is 31.2 Å². The molecule has 2 rings (SSSR count). The van der Waals surface area contributed by atoms with E-state index in [1.807, 2.05) is 23.1 Å². The van der Waals surface area contributed by atoms with Crippen molar-refractivity contribution in [2.75, 3.05) is 25.9 Å². The minimum Gasteiger partial charge on any atom is -0.495 e. The number of nitrogens with two attached hydrogens (primary N) is 1. The molecule has 0 spiro atoms. The third kappa shape index (κ3) is 3.63. The van der Waals surface area contributed by atoms with E-state index in [0.29, 0.717) is 17.9 Å². The number of nitrogen functional groups attached to an aromatic ring is 1. The molecule has 0 aliphatic carbocycles. The van der Waals surface area contributed by atoms with Gasteiger partial charge in [0.1, 0.15) is 5.75 Å². The van der Waals surface area contributed by atoms with Gasteiger partial charge in [-0.05, 0) is 43.4 Å². The Morgan fingerprint density at radius 1 is 1.32 bits per heavy atom. The zero-order valence-corrected chi connectivity index (χ0v) is 11.5. The second-order valence-corrected chi connectivity index (χ2v) is 5.02. The summed E-state index contributed by atoms with van der Waals surface area (Å²) >= 11 is 0. The highest BCUT2D eigenvalue weighted by Gasteiger charge is 2.16. The molecule has 0 atom stereocenters. The van der Waals surface area contributed by atoms with E-state index in [4.69, 9.17) is 10.5 Å². The van der Waals surface area contributed by atoms with Gasteiger partial charge in [0.25, 0.3) is 0 Å². The third-order valence-corrected chi connectivity index (χ3v) is 3.63. The molecule has 1 saturated heterocycles. The predicted octanol–water partition coefficient (Wildman–Crippen LogP) is 2.22. The lowest BCUT2D eigenvalue weighted by molar-refractivity contribution is -0.132. The Kier molecular flexibility index (Phi) is 4.66. The van der Waals surface area contributed by atoms with Gasteiger partial charge in [0.05, 0.1) is 12.8 Å². The van der Waals surface area contributed by atoms with Gasteiger partial charge >= 0.3 is 0 Å². The van der Waals surface area contributed by atoms with Crippen LogP contribution in [-0.2, 0) is 11.2 Å². The van der Waals surface area contributed by atoms with E-state index in [-0.39, 0.29) is 5.91 Å². The molecule has 19 heavy (non-hydrogen) atoms. The number of amides is 1. The van der Waals surface area contributed by atoms with E-state index in [1.165, 1.54) is 6.42 Å². The molecule has 1 aliphatic heterocycles. The van der Waals surface area contributed by atoms with Gasteiger partial charge in [-0.1, -0.05) is 6.07 Å². The summed E-state index contributed by atoms with van der Waals surface area (Å²) in [5.74, 6) is 0.945. The second-order valence-electron chi connectivity index (χ2n) is 5.02. The molecule has 0 unspecified atom stereocenters. The summed E-state index contributed by atoms with van der Waals surface area (Å²) in [4.78, 5) is 14.0. The Hall–Kier alpha value is -1.71. The summed E-state index contributed by atoms with van der Waals surface area (Å²) in [6.45, 7) is 1.84. The molecule has 0 bridgehead atoms. The average Bonchev–Trinajstić information content (AvgIpc) is 2.46. The third-order valence-electron chi connectivity index (χ3n) is 3.63. The number of hydrogen-bond donors (Lipinski definition) is 1. The van der Waals surface area contributed by atoms with E-state index in [9.17, 15) is 4.79 Å². The Labute approximate surface area is 114 Å². The van der Waals surface area contributed by atoms with Crippen molar-refractivity contribution in [3.8, 4) is 5.75 Å². The van der Waals surface area contributed by atoms with Gasteiger partial charge in [-0.15, -0.1) is 0 Å². The van der Waals surface area contributed by atoms with Crippen LogP contribution >= 0.6 is 0 Å². The van der Waals surface area contributed by atoms with Crippen molar-refractivity contribution in [3.63, 3.8) is 0 Å². The van der Waals surface area contributed by atoms with Crippen LogP contribution in [0, 0.1) is 0 Å². The molecule has 1 aromatic rings. The van der Waals surface area contributed by atoms with E-state index in [2.05, 4.69) is 0 Å². The number of piperidine rings is 1. The highest BCUT2D eigenvalue weighted by atomic mass is 16.5. The minimum atomic E-state index is 0.258. The van der Waals surface area contributed by atoms with E-state index < -0.39 is 0 Å². The normalized spacial score (nSPS) is 15.3. The lowest BCUT2D eigenvalue weighted by Crippen LogP contribution is -2.35. The molecule has 2 N–H and O–H groups in total. The van der Waals surface area contributed by atoms with Gasteiger partial charge in [-0.25, -0.2) is 0 Å². The molecule has 1 aliphatic rings. The van der Waals surface area contributed by atoms with Crippen LogP contribution in [0.3, 0.4) is 0 Å². The first-order valence-electron chi connectivity index (χ1n) is 6.91. The molecule has 0 radical (unpaired) electrons. The van der Waals surface area contributed by atoms with Crippen LogP contribution < -0.4 is 10.5 Å². The number of rotatable bonds is 4. The van der Waals surface area contributed by atoms with Crippen molar-refractivity contribution in [1.82, 2.24) is 4.90 Å². The lowest BCUT2D eigenvalue weighted by Gasteiger charge is -2.26. The molecule has 0 aromatic heterocycles. The second kappa shape index (κ2) is 6.45. The topological polar surface area (TPSA) is 55.6 Å². The highest BCUT2D eigenvalue weighted by molar-refractivity contribution is 5.76. The molecule has 1 aromatic carbocycles. The Balaban J connectivity index is 1.87. The zero-order chi connectivity index (χ0) is 13.7. The molecule has 4 heteroatoms. The number of carbonyl (C=O) groups excluding carboxylic acids is 1. The zero-order valence-electron chi connectivity index (χ0n) is 11.5. The van der Waals surface area contributed by atoms with Crippen LogP contribution in [0.4, 0.5) is 5.69 Å². The monoisotopic (exact) mass is 262 g/mol. The number of nitrogens with zero attached hydrogens (tertiary/aromatic N) is 1. The maximum atomic E-state index is 12.0. The van der Waals surface area contributed by atoms with Crippen molar-refractivity contribution < 1.29 is 9.53 Å². The molecule has 1 heterocycles. The minimum absolute atomic E-state index is 0.258. The fourth-order valence-corrected chi connectivity index (χ4v) is 2.49. The van der Waals surface area contributed by atoms with Crippen LogP contribution in [0.2, 0.25) is 0 Å². The molecule has 1 amide bonds. The van der Waals surface area contributed by atoms with E-state index in [0.717, 1.165) is 37.9 Å². The maximum Gasteiger partial charge on any atom is 0.222 e. The molecular weight excluding hydrogens is 240 g/mol. The standard InChI is InChI=1S/C15H22N2O2/c1-19-14-7-5-12(11-13(14)16)6-8-15(18)17-9-3-2-4-10-17/h5,7,11H,2-4,6,8-10,16H2,1H3. The average molecular weight is 262 g/mol. The highest BCUT2D eigenvalue weighted by Crippen LogP contribution is 2.22. The SMILES string of the molecule is COc1ccc(CCC(=O)N2CCCCC2)cc1N. The van der Waals surface area contributed by atoms with Gasteiger partial charge in [0, 0.05) is 19.5 Å². The number of aryl methyl sites for hydroxylation is 1. The number of methoxy groups -OCH3 is 1. The summed E-state index contributed by atoms with van der Waals surface area (Å²) in [7, 11) is 1.60. The number of carbonyl (C=O) groups is 1. The van der Waals surface area contributed by atoms with Crippen molar-refractivity contribution in [3.05, 3.63) is 23.8 Å². The van der Waals surface area contributed by atoms with Crippen LogP contribution in [0.15, 0.2) is 18.2 Å². The number of hydrogen-bond acceptors (Lipinski definition) is 3. The molecule has 1 fully saturated rings. The molecule has 0 saturated carbocycles. The van der Waals surface area contributed by atoms with Crippen LogP contribution in [0.25, 0.3) is 0 Å². The summed E-state index contributed by atoms with van der Waals surface area (Å²) in [6.07, 6.45) is 4.83. The Bertz CT molecular complexity index is 440. The summed E-state index contributed by atoms with van der Waals surface area (Å²) < 4.78 is 5.12. The van der Waals surface area contributed by atoms with Crippen LogP contribution in [0.5, 0.6) is 5.75 Å². The van der Waals surface area contributed by atoms with Crippen molar-refractivity contribution in [1.29, 1.82) is 0 Å². The molecule has 104 valence electrons.